The molecule has 1 aliphatic carbocycles. The van der Waals surface area contributed by atoms with Crippen LogP contribution in [0.1, 0.15) is 19.3 Å². The van der Waals surface area contributed by atoms with Gasteiger partial charge in [0.25, 0.3) is 0 Å². The molecule has 4 N–H and O–H groups in total. The van der Waals surface area contributed by atoms with E-state index in [0.29, 0.717) is 17.3 Å². The van der Waals surface area contributed by atoms with Crippen molar-refractivity contribution in [1.29, 1.82) is 0 Å². The van der Waals surface area contributed by atoms with E-state index in [1.165, 1.54) is 0 Å². The predicted molar refractivity (Wildman–Crippen MR) is 69.2 cm³/mol. The zero-order chi connectivity index (χ0) is 12.3. The van der Waals surface area contributed by atoms with Crippen molar-refractivity contribution in [3.63, 3.8) is 0 Å². The topological polar surface area (TPSA) is 67.1 Å². The Hall–Kier alpha value is -1.26. The standard InChI is InChI=1S/C12H16ClN3O/c13-9-4-1-2-5-10(9)16-11(17)15-8-12(14)6-3-7-12/h1-2,4-5H,3,6-8,14H2,(H2,15,16,17). The fraction of sp³-hybridized carbons (Fsp3) is 0.417. The smallest absolute Gasteiger partial charge is 0.319 e. The number of nitrogens with one attached hydrogen (secondary N) is 2. The van der Waals surface area contributed by atoms with E-state index < -0.39 is 0 Å². The molecule has 0 spiro atoms. The molecule has 1 fully saturated rings. The lowest BCUT2D eigenvalue weighted by atomic mass is 9.78. The number of halogens is 1. The van der Waals surface area contributed by atoms with Gasteiger partial charge >= 0.3 is 6.03 Å². The molecule has 1 aliphatic rings. The fourth-order valence-corrected chi connectivity index (χ4v) is 1.98. The Kier molecular flexibility index (Phi) is 3.54. The summed E-state index contributed by atoms with van der Waals surface area (Å²) in [4.78, 5) is 11.6. The maximum Gasteiger partial charge on any atom is 0.319 e. The lowest BCUT2D eigenvalue weighted by Crippen LogP contribution is -2.55. The summed E-state index contributed by atoms with van der Waals surface area (Å²) in [5.41, 5.74) is 6.40. The van der Waals surface area contributed by atoms with Crippen LogP contribution in [0.15, 0.2) is 24.3 Å². The number of rotatable bonds is 3. The first-order valence-corrected chi connectivity index (χ1v) is 6.05. The molecular formula is C12H16ClN3O. The second-order valence-electron chi connectivity index (χ2n) is 4.50. The molecule has 0 heterocycles. The second-order valence-corrected chi connectivity index (χ2v) is 4.91. The van der Waals surface area contributed by atoms with Gasteiger partial charge in [0.15, 0.2) is 0 Å². The average Bonchev–Trinajstić information content (AvgIpc) is 2.27. The van der Waals surface area contributed by atoms with Crippen molar-refractivity contribution in [1.82, 2.24) is 5.32 Å². The normalized spacial score (nSPS) is 17.1. The third kappa shape index (κ3) is 3.11. The quantitative estimate of drug-likeness (QED) is 0.774. The SMILES string of the molecule is NC1(CNC(=O)Nc2ccccc2Cl)CCC1. The summed E-state index contributed by atoms with van der Waals surface area (Å²) in [6, 6.07) is 6.85. The van der Waals surface area contributed by atoms with Gasteiger partial charge < -0.3 is 16.4 Å². The number of hydrogen-bond donors (Lipinski definition) is 3. The van der Waals surface area contributed by atoms with Gasteiger partial charge in [-0.1, -0.05) is 23.7 Å². The molecule has 17 heavy (non-hydrogen) atoms. The van der Waals surface area contributed by atoms with Crippen LogP contribution in [0.25, 0.3) is 0 Å². The number of para-hydroxylation sites is 1. The first-order valence-electron chi connectivity index (χ1n) is 5.67. The maximum atomic E-state index is 11.6. The molecule has 0 aromatic heterocycles. The molecule has 1 aromatic rings. The van der Waals surface area contributed by atoms with E-state index >= 15 is 0 Å². The van der Waals surface area contributed by atoms with Crippen molar-refractivity contribution in [2.75, 3.05) is 11.9 Å². The van der Waals surface area contributed by atoms with E-state index in [9.17, 15) is 4.79 Å². The number of carbonyl (C=O) groups is 1. The van der Waals surface area contributed by atoms with Crippen LogP contribution in [0.4, 0.5) is 10.5 Å². The summed E-state index contributed by atoms with van der Waals surface area (Å²) in [5, 5.41) is 5.98. The summed E-state index contributed by atoms with van der Waals surface area (Å²) in [6.45, 7) is 0.503. The first kappa shape index (κ1) is 12.2. The van der Waals surface area contributed by atoms with E-state index in [0.717, 1.165) is 19.3 Å². The van der Waals surface area contributed by atoms with E-state index in [2.05, 4.69) is 10.6 Å². The Labute approximate surface area is 106 Å². The van der Waals surface area contributed by atoms with Crippen molar-refractivity contribution in [2.24, 2.45) is 5.73 Å². The molecular weight excluding hydrogens is 238 g/mol. The van der Waals surface area contributed by atoms with Crippen LogP contribution in [-0.4, -0.2) is 18.1 Å². The van der Waals surface area contributed by atoms with Gasteiger partial charge in [0.2, 0.25) is 0 Å². The molecule has 2 amide bonds. The molecule has 2 rings (SSSR count). The Morgan fingerprint density at radius 2 is 2.12 bits per heavy atom. The third-order valence-electron chi connectivity index (χ3n) is 3.07. The van der Waals surface area contributed by atoms with Crippen molar-refractivity contribution in [3.05, 3.63) is 29.3 Å². The molecule has 1 saturated carbocycles. The number of nitrogens with two attached hydrogens (primary N) is 1. The van der Waals surface area contributed by atoms with Crippen LogP contribution < -0.4 is 16.4 Å². The van der Waals surface area contributed by atoms with E-state index in [-0.39, 0.29) is 11.6 Å². The largest absolute Gasteiger partial charge is 0.336 e. The molecule has 0 bridgehead atoms. The van der Waals surface area contributed by atoms with E-state index in [1.54, 1.807) is 12.1 Å². The van der Waals surface area contributed by atoms with Crippen LogP contribution in [0.3, 0.4) is 0 Å². The van der Waals surface area contributed by atoms with Crippen molar-refractivity contribution < 1.29 is 4.79 Å². The minimum Gasteiger partial charge on any atom is -0.336 e. The summed E-state index contributed by atoms with van der Waals surface area (Å²) >= 11 is 5.93. The summed E-state index contributed by atoms with van der Waals surface area (Å²) < 4.78 is 0. The Bertz CT molecular complexity index is 418. The van der Waals surface area contributed by atoms with Gasteiger partial charge in [-0.3, -0.25) is 0 Å². The van der Waals surface area contributed by atoms with Gasteiger partial charge in [-0.05, 0) is 31.4 Å². The number of benzene rings is 1. The molecule has 4 nitrogen and oxygen atoms in total. The monoisotopic (exact) mass is 253 g/mol. The zero-order valence-electron chi connectivity index (χ0n) is 9.50. The van der Waals surface area contributed by atoms with Crippen molar-refractivity contribution >= 4 is 23.3 Å². The van der Waals surface area contributed by atoms with E-state index in [1.807, 2.05) is 12.1 Å². The van der Waals surface area contributed by atoms with Crippen molar-refractivity contribution in [3.8, 4) is 0 Å². The number of urea groups is 1. The number of hydrogen-bond acceptors (Lipinski definition) is 2. The van der Waals surface area contributed by atoms with Gasteiger partial charge in [0.05, 0.1) is 10.7 Å². The number of anilines is 1. The Balaban J connectivity index is 1.83. The average molecular weight is 254 g/mol. The van der Waals surface area contributed by atoms with Crippen LogP contribution in [-0.2, 0) is 0 Å². The number of amides is 2. The molecule has 1 aromatic carbocycles. The number of carbonyl (C=O) groups excluding carboxylic acids is 1. The Morgan fingerprint density at radius 1 is 1.41 bits per heavy atom. The molecule has 0 saturated heterocycles. The van der Waals surface area contributed by atoms with Crippen LogP contribution in [0.2, 0.25) is 5.02 Å². The van der Waals surface area contributed by atoms with Gasteiger partial charge in [-0.15, -0.1) is 0 Å². The highest BCUT2D eigenvalue weighted by Crippen LogP contribution is 2.28. The Morgan fingerprint density at radius 3 is 2.71 bits per heavy atom. The molecule has 5 heteroatoms. The molecule has 0 radical (unpaired) electrons. The maximum absolute atomic E-state index is 11.6. The van der Waals surface area contributed by atoms with Crippen LogP contribution in [0.5, 0.6) is 0 Å². The third-order valence-corrected chi connectivity index (χ3v) is 3.40. The highest BCUT2D eigenvalue weighted by molar-refractivity contribution is 6.33. The first-order chi connectivity index (χ1) is 8.09. The van der Waals surface area contributed by atoms with E-state index in [4.69, 9.17) is 17.3 Å². The summed E-state index contributed by atoms with van der Waals surface area (Å²) in [7, 11) is 0. The molecule has 92 valence electrons. The van der Waals surface area contributed by atoms with Gasteiger partial charge in [-0.25, -0.2) is 4.79 Å². The molecule has 0 aliphatic heterocycles. The van der Waals surface area contributed by atoms with Gasteiger partial charge in [0.1, 0.15) is 0 Å². The minimum atomic E-state index is -0.269. The van der Waals surface area contributed by atoms with Crippen molar-refractivity contribution in [2.45, 2.75) is 24.8 Å². The van der Waals surface area contributed by atoms with Crippen LogP contribution >= 0.6 is 11.6 Å². The highest BCUT2D eigenvalue weighted by Gasteiger charge is 2.32. The van der Waals surface area contributed by atoms with Gasteiger partial charge in [0, 0.05) is 12.1 Å². The summed E-state index contributed by atoms with van der Waals surface area (Å²) in [6.07, 6.45) is 3.09. The minimum absolute atomic E-state index is 0.210. The molecule has 0 unspecified atom stereocenters. The zero-order valence-corrected chi connectivity index (χ0v) is 10.3. The second kappa shape index (κ2) is 4.94. The summed E-state index contributed by atoms with van der Waals surface area (Å²) in [5.74, 6) is 0. The lowest BCUT2D eigenvalue weighted by Gasteiger charge is -2.38. The highest BCUT2D eigenvalue weighted by atomic mass is 35.5. The van der Waals surface area contributed by atoms with Crippen LogP contribution in [0, 0.1) is 0 Å². The predicted octanol–water partition coefficient (Wildman–Crippen LogP) is 2.34. The van der Waals surface area contributed by atoms with Gasteiger partial charge in [-0.2, -0.15) is 0 Å². The lowest BCUT2D eigenvalue weighted by molar-refractivity contribution is 0.225. The molecule has 0 atom stereocenters. The fourth-order valence-electron chi connectivity index (χ4n) is 1.79.